The van der Waals surface area contributed by atoms with Crippen LogP contribution in [0, 0.1) is 6.92 Å². The molecule has 0 saturated carbocycles. The molecule has 0 aliphatic carbocycles. The summed E-state index contributed by atoms with van der Waals surface area (Å²) < 4.78 is 16.0. The van der Waals surface area contributed by atoms with Gasteiger partial charge in [0.1, 0.15) is 5.75 Å². The summed E-state index contributed by atoms with van der Waals surface area (Å²) in [6.45, 7) is 5.27. The quantitative estimate of drug-likeness (QED) is 0.652. The Morgan fingerprint density at radius 1 is 1.16 bits per heavy atom. The monoisotopic (exact) mass is 268 g/mol. The zero-order valence-electron chi connectivity index (χ0n) is 12.1. The van der Waals surface area contributed by atoms with Gasteiger partial charge in [-0.05, 0) is 26.1 Å². The SMILES string of the molecule is CNCc1nc(C)ccc1OCCCOCCOC. The molecule has 1 N–H and O–H groups in total. The van der Waals surface area contributed by atoms with Gasteiger partial charge in [0.15, 0.2) is 0 Å². The van der Waals surface area contributed by atoms with E-state index in [-0.39, 0.29) is 0 Å². The Morgan fingerprint density at radius 2 is 2.00 bits per heavy atom. The Morgan fingerprint density at radius 3 is 2.74 bits per heavy atom. The number of aryl methyl sites for hydroxylation is 1. The highest BCUT2D eigenvalue weighted by Crippen LogP contribution is 2.16. The average Bonchev–Trinajstić information content (AvgIpc) is 2.40. The fourth-order valence-electron chi connectivity index (χ4n) is 1.61. The van der Waals surface area contributed by atoms with Crippen LogP contribution in [-0.2, 0) is 16.0 Å². The third kappa shape index (κ3) is 6.52. The minimum absolute atomic E-state index is 0.633. The van der Waals surface area contributed by atoms with Crippen LogP contribution in [0.3, 0.4) is 0 Å². The van der Waals surface area contributed by atoms with Crippen molar-refractivity contribution in [1.82, 2.24) is 10.3 Å². The third-order valence-electron chi connectivity index (χ3n) is 2.54. The lowest BCUT2D eigenvalue weighted by Crippen LogP contribution is -2.11. The largest absolute Gasteiger partial charge is 0.492 e. The molecule has 1 aromatic heterocycles. The summed E-state index contributed by atoms with van der Waals surface area (Å²) in [5.74, 6) is 0.844. The zero-order valence-corrected chi connectivity index (χ0v) is 12.1. The molecule has 0 aliphatic rings. The first-order valence-corrected chi connectivity index (χ1v) is 6.58. The van der Waals surface area contributed by atoms with Gasteiger partial charge in [0.05, 0.1) is 25.5 Å². The molecule has 0 unspecified atom stereocenters. The molecular weight excluding hydrogens is 244 g/mol. The number of pyridine rings is 1. The summed E-state index contributed by atoms with van der Waals surface area (Å²) in [4.78, 5) is 4.47. The van der Waals surface area contributed by atoms with Crippen LogP contribution in [0.15, 0.2) is 12.1 Å². The molecule has 0 fully saturated rings. The van der Waals surface area contributed by atoms with Crippen molar-refractivity contribution in [2.45, 2.75) is 19.9 Å². The van der Waals surface area contributed by atoms with E-state index < -0.39 is 0 Å². The topological polar surface area (TPSA) is 52.6 Å². The Hall–Kier alpha value is -1.17. The maximum absolute atomic E-state index is 5.74. The molecule has 5 nitrogen and oxygen atoms in total. The molecule has 1 rings (SSSR count). The Bertz CT molecular complexity index is 359. The van der Waals surface area contributed by atoms with Crippen molar-refractivity contribution in [3.8, 4) is 5.75 Å². The van der Waals surface area contributed by atoms with E-state index in [1.807, 2.05) is 26.1 Å². The highest BCUT2D eigenvalue weighted by Gasteiger charge is 2.04. The van der Waals surface area contributed by atoms with Crippen molar-refractivity contribution in [2.24, 2.45) is 0 Å². The summed E-state index contributed by atoms with van der Waals surface area (Å²) in [6.07, 6.45) is 0.858. The van der Waals surface area contributed by atoms with E-state index in [4.69, 9.17) is 14.2 Å². The van der Waals surface area contributed by atoms with Crippen LogP contribution < -0.4 is 10.1 Å². The number of nitrogens with zero attached hydrogens (tertiary/aromatic N) is 1. The van der Waals surface area contributed by atoms with E-state index >= 15 is 0 Å². The molecule has 0 aromatic carbocycles. The van der Waals surface area contributed by atoms with Crippen LogP contribution in [0.5, 0.6) is 5.75 Å². The molecular formula is C14H24N2O3. The lowest BCUT2D eigenvalue weighted by molar-refractivity contribution is 0.0643. The fraction of sp³-hybridized carbons (Fsp3) is 0.643. The van der Waals surface area contributed by atoms with Crippen LogP contribution in [0.2, 0.25) is 0 Å². The maximum atomic E-state index is 5.74. The van der Waals surface area contributed by atoms with Gasteiger partial charge in [-0.3, -0.25) is 4.98 Å². The number of hydrogen-bond acceptors (Lipinski definition) is 5. The van der Waals surface area contributed by atoms with E-state index in [1.54, 1.807) is 7.11 Å². The van der Waals surface area contributed by atoms with Crippen LogP contribution >= 0.6 is 0 Å². The van der Waals surface area contributed by atoms with Crippen LogP contribution in [0.4, 0.5) is 0 Å². The second-order valence-electron chi connectivity index (χ2n) is 4.23. The van der Waals surface area contributed by atoms with Gasteiger partial charge in [-0.15, -0.1) is 0 Å². The van der Waals surface area contributed by atoms with Gasteiger partial charge in [0, 0.05) is 32.4 Å². The number of nitrogens with one attached hydrogen (secondary N) is 1. The first-order valence-electron chi connectivity index (χ1n) is 6.58. The Balaban J connectivity index is 2.28. The minimum atomic E-state index is 0.633. The van der Waals surface area contributed by atoms with Crippen LogP contribution in [-0.4, -0.2) is 45.6 Å². The molecule has 5 heteroatoms. The van der Waals surface area contributed by atoms with Crippen molar-refractivity contribution < 1.29 is 14.2 Å². The van der Waals surface area contributed by atoms with E-state index in [0.29, 0.717) is 33.0 Å². The lowest BCUT2D eigenvalue weighted by atomic mass is 10.3. The summed E-state index contributed by atoms with van der Waals surface area (Å²) in [7, 11) is 3.57. The summed E-state index contributed by atoms with van der Waals surface area (Å²) in [5, 5.41) is 3.10. The van der Waals surface area contributed by atoms with Crippen molar-refractivity contribution in [3.63, 3.8) is 0 Å². The standard InChI is InChI=1S/C14H24N2O3/c1-12-5-6-14(13(16-12)11-15-2)19-8-4-7-18-10-9-17-3/h5-6,15H,4,7-11H2,1-3H3. The van der Waals surface area contributed by atoms with Gasteiger partial charge in [-0.25, -0.2) is 0 Å². The molecule has 1 aromatic rings. The number of hydrogen-bond donors (Lipinski definition) is 1. The normalized spacial score (nSPS) is 10.7. The molecule has 108 valence electrons. The Labute approximate surface area is 115 Å². The minimum Gasteiger partial charge on any atom is -0.492 e. The van der Waals surface area contributed by atoms with Gasteiger partial charge in [0.25, 0.3) is 0 Å². The molecule has 0 saturated heterocycles. The van der Waals surface area contributed by atoms with Crippen LogP contribution in [0.25, 0.3) is 0 Å². The number of rotatable bonds is 10. The van der Waals surface area contributed by atoms with Gasteiger partial charge in [-0.1, -0.05) is 0 Å². The van der Waals surface area contributed by atoms with E-state index in [9.17, 15) is 0 Å². The van der Waals surface area contributed by atoms with Gasteiger partial charge in [-0.2, -0.15) is 0 Å². The molecule has 0 atom stereocenters. The number of aromatic nitrogens is 1. The maximum Gasteiger partial charge on any atom is 0.142 e. The molecule has 1 heterocycles. The van der Waals surface area contributed by atoms with E-state index in [1.165, 1.54) is 0 Å². The second kappa shape index (κ2) is 9.72. The number of methoxy groups -OCH3 is 1. The van der Waals surface area contributed by atoms with Crippen molar-refractivity contribution in [3.05, 3.63) is 23.5 Å². The molecule has 0 amide bonds. The van der Waals surface area contributed by atoms with Crippen LogP contribution in [0.1, 0.15) is 17.8 Å². The molecule has 0 radical (unpaired) electrons. The highest BCUT2D eigenvalue weighted by atomic mass is 16.5. The van der Waals surface area contributed by atoms with Crippen molar-refractivity contribution in [2.75, 3.05) is 40.6 Å². The Kier molecular flexibility index (Phi) is 8.13. The lowest BCUT2D eigenvalue weighted by Gasteiger charge is -2.11. The first kappa shape index (κ1) is 15.9. The predicted octanol–water partition coefficient (Wildman–Crippen LogP) is 1.54. The van der Waals surface area contributed by atoms with E-state index in [2.05, 4.69) is 10.3 Å². The molecule has 0 bridgehead atoms. The number of ether oxygens (including phenoxy) is 3. The van der Waals surface area contributed by atoms with Gasteiger partial charge in [0.2, 0.25) is 0 Å². The zero-order chi connectivity index (χ0) is 13.9. The molecule has 19 heavy (non-hydrogen) atoms. The van der Waals surface area contributed by atoms with E-state index in [0.717, 1.165) is 23.6 Å². The predicted molar refractivity (Wildman–Crippen MR) is 74.5 cm³/mol. The third-order valence-corrected chi connectivity index (χ3v) is 2.54. The van der Waals surface area contributed by atoms with Crippen molar-refractivity contribution >= 4 is 0 Å². The summed E-state index contributed by atoms with van der Waals surface area (Å²) in [5.41, 5.74) is 1.95. The van der Waals surface area contributed by atoms with Gasteiger partial charge >= 0.3 is 0 Å². The first-order chi connectivity index (χ1) is 9.27. The highest BCUT2D eigenvalue weighted by molar-refractivity contribution is 5.29. The summed E-state index contributed by atoms with van der Waals surface area (Å²) in [6, 6.07) is 3.93. The second-order valence-corrected chi connectivity index (χ2v) is 4.23. The molecule has 0 aliphatic heterocycles. The van der Waals surface area contributed by atoms with Gasteiger partial charge < -0.3 is 19.5 Å². The smallest absolute Gasteiger partial charge is 0.142 e. The summed E-state index contributed by atoms with van der Waals surface area (Å²) >= 11 is 0. The average molecular weight is 268 g/mol. The fourth-order valence-corrected chi connectivity index (χ4v) is 1.61. The van der Waals surface area contributed by atoms with Crippen molar-refractivity contribution in [1.29, 1.82) is 0 Å². The molecule has 0 spiro atoms.